The third kappa shape index (κ3) is 3.65. The van der Waals surface area contributed by atoms with Crippen LogP contribution in [0.3, 0.4) is 0 Å². The Labute approximate surface area is 169 Å². The van der Waals surface area contributed by atoms with Crippen LogP contribution in [-0.4, -0.2) is 24.6 Å². The molecular formula is C17H22Br3N3. The molecule has 3 nitrogen and oxygen atoms in total. The molecule has 2 aliphatic heterocycles. The number of hydrogen-bond acceptors (Lipinski definition) is 3. The van der Waals surface area contributed by atoms with Gasteiger partial charge in [0.1, 0.15) is 0 Å². The predicted octanol–water partition coefficient (Wildman–Crippen LogP) is 4.53. The van der Waals surface area contributed by atoms with Gasteiger partial charge in [-0.2, -0.15) is 0 Å². The van der Waals surface area contributed by atoms with Crippen molar-refractivity contribution in [1.82, 2.24) is 10.3 Å². The summed E-state index contributed by atoms with van der Waals surface area (Å²) >= 11 is 0. The Bertz CT molecular complexity index is 623. The van der Waals surface area contributed by atoms with E-state index in [0.29, 0.717) is 5.41 Å². The summed E-state index contributed by atoms with van der Waals surface area (Å²) in [7, 11) is 0. The van der Waals surface area contributed by atoms with E-state index in [1.807, 2.05) is 18.5 Å². The van der Waals surface area contributed by atoms with E-state index in [9.17, 15) is 0 Å². The van der Waals surface area contributed by atoms with Crippen molar-refractivity contribution in [2.75, 3.05) is 25.0 Å². The van der Waals surface area contributed by atoms with Gasteiger partial charge in [-0.05, 0) is 49.2 Å². The van der Waals surface area contributed by atoms with E-state index in [1.165, 1.54) is 35.2 Å². The second-order valence-electron chi connectivity index (χ2n) is 5.85. The van der Waals surface area contributed by atoms with Gasteiger partial charge in [-0.3, -0.25) is 4.98 Å². The number of fused-ring (bicyclic) bond motifs is 2. The van der Waals surface area contributed by atoms with Gasteiger partial charge in [-0.15, -0.1) is 50.9 Å². The number of rotatable bonds is 1. The van der Waals surface area contributed by atoms with Gasteiger partial charge in [0.05, 0.1) is 0 Å². The van der Waals surface area contributed by atoms with Gasteiger partial charge in [0.15, 0.2) is 0 Å². The fraction of sp³-hybridized carbons (Fsp3) is 0.353. The minimum absolute atomic E-state index is 0. The second-order valence-corrected chi connectivity index (χ2v) is 5.85. The molecular weight excluding hydrogens is 486 g/mol. The van der Waals surface area contributed by atoms with Crippen LogP contribution in [0.2, 0.25) is 0 Å². The van der Waals surface area contributed by atoms with Gasteiger partial charge < -0.3 is 10.6 Å². The summed E-state index contributed by atoms with van der Waals surface area (Å²) < 4.78 is 0. The molecule has 1 fully saturated rings. The van der Waals surface area contributed by atoms with Gasteiger partial charge in [0.25, 0.3) is 0 Å². The number of anilines is 1. The number of nitrogens with zero attached hydrogens (tertiary/aromatic N) is 1. The van der Waals surface area contributed by atoms with Crippen molar-refractivity contribution in [3.8, 4) is 11.1 Å². The zero-order valence-electron chi connectivity index (χ0n) is 12.7. The summed E-state index contributed by atoms with van der Waals surface area (Å²) in [6, 6.07) is 10.8. The van der Waals surface area contributed by atoms with E-state index in [4.69, 9.17) is 0 Å². The van der Waals surface area contributed by atoms with Crippen LogP contribution in [0.5, 0.6) is 0 Å². The molecule has 0 saturated carbocycles. The van der Waals surface area contributed by atoms with Crippen molar-refractivity contribution in [2.24, 2.45) is 0 Å². The van der Waals surface area contributed by atoms with Gasteiger partial charge in [0.2, 0.25) is 0 Å². The molecule has 0 unspecified atom stereocenters. The first-order valence-electron chi connectivity index (χ1n) is 7.38. The number of pyridine rings is 1. The number of piperidine rings is 1. The zero-order valence-corrected chi connectivity index (χ0v) is 17.9. The summed E-state index contributed by atoms with van der Waals surface area (Å²) in [5.74, 6) is 0. The second kappa shape index (κ2) is 8.60. The van der Waals surface area contributed by atoms with E-state index < -0.39 is 0 Å². The lowest BCUT2D eigenvalue weighted by molar-refractivity contribution is 0.335. The molecule has 0 amide bonds. The number of benzene rings is 1. The Morgan fingerprint density at radius 3 is 2.43 bits per heavy atom. The molecule has 23 heavy (non-hydrogen) atoms. The molecule has 0 radical (unpaired) electrons. The van der Waals surface area contributed by atoms with Crippen LogP contribution >= 0.6 is 50.9 Å². The lowest BCUT2D eigenvalue weighted by Crippen LogP contribution is -2.41. The van der Waals surface area contributed by atoms with Crippen LogP contribution < -0.4 is 10.6 Å². The Hall–Kier alpha value is -0.430. The van der Waals surface area contributed by atoms with Crippen LogP contribution in [-0.2, 0) is 5.41 Å². The summed E-state index contributed by atoms with van der Waals surface area (Å²) in [6.07, 6.45) is 6.24. The van der Waals surface area contributed by atoms with E-state index >= 15 is 0 Å². The minimum Gasteiger partial charge on any atom is -0.384 e. The largest absolute Gasteiger partial charge is 0.384 e. The van der Waals surface area contributed by atoms with E-state index in [1.54, 1.807) is 0 Å². The first kappa shape index (κ1) is 20.6. The summed E-state index contributed by atoms with van der Waals surface area (Å²) in [5.41, 5.74) is 5.70. The van der Waals surface area contributed by atoms with Crippen molar-refractivity contribution in [2.45, 2.75) is 18.3 Å². The molecule has 3 heterocycles. The van der Waals surface area contributed by atoms with Gasteiger partial charge in [-0.1, -0.05) is 18.2 Å². The van der Waals surface area contributed by atoms with Crippen molar-refractivity contribution in [1.29, 1.82) is 0 Å². The van der Waals surface area contributed by atoms with Gasteiger partial charge >= 0.3 is 0 Å². The average Bonchev–Trinajstić information content (AvgIpc) is 2.88. The normalized spacial score (nSPS) is 17.0. The molecule has 0 bridgehead atoms. The Kier molecular flexibility index (Phi) is 7.71. The maximum Gasteiger partial charge on any atom is 0.0385 e. The van der Waals surface area contributed by atoms with E-state index in [0.717, 1.165) is 19.6 Å². The topological polar surface area (TPSA) is 37.0 Å². The highest BCUT2D eigenvalue weighted by atomic mass is 79.9. The van der Waals surface area contributed by atoms with Gasteiger partial charge in [-0.25, -0.2) is 0 Å². The van der Waals surface area contributed by atoms with Crippen LogP contribution in [0.4, 0.5) is 5.69 Å². The fourth-order valence-corrected chi connectivity index (χ4v) is 3.72. The summed E-state index contributed by atoms with van der Waals surface area (Å²) in [4.78, 5) is 4.29. The lowest BCUT2D eigenvalue weighted by atomic mass is 9.72. The molecule has 1 aromatic heterocycles. The third-order valence-corrected chi connectivity index (χ3v) is 4.75. The Morgan fingerprint density at radius 1 is 0.957 bits per heavy atom. The molecule has 1 spiro atoms. The number of aromatic nitrogens is 1. The highest BCUT2D eigenvalue weighted by Crippen LogP contribution is 2.47. The van der Waals surface area contributed by atoms with Crippen molar-refractivity contribution in [3.63, 3.8) is 0 Å². The van der Waals surface area contributed by atoms with Crippen LogP contribution in [0.1, 0.15) is 18.4 Å². The van der Waals surface area contributed by atoms with Crippen LogP contribution in [0.15, 0.2) is 42.7 Å². The van der Waals surface area contributed by atoms with E-state index in [-0.39, 0.29) is 50.9 Å². The zero-order chi connectivity index (χ0) is 13.4. The summed E-state index contributed by atoms with van der Waals surface area (Å²) in [6.45, 7) is 3.30. The minimum atomic E-state index is 0. The quantitative estimate of drug-likeness (QED) is 0.595. The standard InChI is InChI=1S/C17H19N3.3BrH/c1-4-14(13-3-2-8-19-11-13)16-15(5-1)20-12-17(16)6-9-18-10-7-17;;;/h1-5,8,11,18,20H,6-7,9-10,12H2;3*1H. The summed E-state index contributed by atoms with van der Waals surface area (Å²) in [5, 5.41) is 7.11. The van der Waals surface area contributed by atoms with Crippen LogP contribution in [0.25, 0.3) is 11.1 Å². The number of nitrogens with one attached hydrogen (secondary N) is 2. The van der Waals surface area contributed by atoms with Gasteiger partial charge in [0, 0.05) is 35.6 Å². The highest BCUT2D eigenvalue weighted by molar-refractivity contribution is 8.93. The van der Waals surface area contributed by atoms with Crippen molar-refractivity contribution < 1.29 is 0 Å². The molecule has 126 valence electrons. The maximum absolute atomic E-state index is 4.29. The highest BCUT2D eigenvalue weighted by Gasteiger charge is 2.41. The Balaban J connectivity index is 0.000000882. The molecule has 1 aromatic carbocycles. The molecule has 6 heteroatoms. The molecule has 2 aliphatic rings. The molecule has 2 N–H and O–H groups in total. The first-order chi connectivity index (χ1) is 9.89. The Morgan fingerprint density at radius 2 is 1.74 bits per heavy atom. The fourth-order valence-electron chi connectivity index (χ4n) is 3.72. The first-order valence-corrected chi connectivity index (χ1v) is 7.38. The SMILES string of the molecule is Br.Br.Br.c1cncc(-c2cccc3c2C2(CCNCC2)CN3)c1. The van der Waals surface area contributed by atoms with Crippen LogP contribution in [0, 0.1) is 0 Å². The maximum atomic E-state index is 4.29. The average molecular weight is 508 g/mol. The van der Waals surface area contributed by atoms with E-state index in [2.05, 4.69) is 39.9 Å². The molecule has 4 rings (SSSR count). The third-order valence-electron chi connectivity index (χ3n) is 4.75. The molecule has 0 atom stereocenters. The molecule has 1 saturated heterocycles. The smallest absolute Gasteiger partial charge is 0.0385 e. The predicted molar refractivity (Wildman–Crippen MR) is 113 cm³/mol. The van der Waals surface area contributed by atoms with Crippen molar-refractivity contribution in [3.05, 3.63) is 48.3 Å². The molecule has 2 aromatic rings. The number of halogens is 3. The number of hydrogen-bond donors (Lipinski definition) is 2. The monoisotopic (exact) mass is 505 g/mol. The molecule has 0 aliphatic carbocycles. The van der Waals surface area contributed by atoms with Crippen molar-refractivity contribution >= 4 is 56.6 Å². The lowest BCUT2D eigenvalue weighted by Gasteiger charge is -2.35.